The molecule has 0 fully saturated rings. The number of sulfonamides is 1. The van der Waals surface area contributed by atoms with Gasteiger partial charge in [0.1, 0.15) is 0 Å². The molecule has 4 rings (SSSR count). The zero-order valence-electron chi connectivity index (χ0n) is 18.8. The first-order valence-corrected chi connectivity index (χ1v) is 12.5. The summed E-state index contributed by atoms with van der Waals surface area (Å²) < 4.78 is 27.5. The SMILES string of the molecule is CC(C)(C)c1ccc(S(=O)(=O)NN=Cc2cn(Cc3ccc(Cl)cc3)c3ccccc23)cc1. The number of hydrogen-bond acceptors (Lipinski definition) is 3. The lowest BCUT2D eigenvalue weighted by Crippen LogP contribution is -2.19. The number of para-hydroxylation sites is 1. The average molecular weight is 480 g/mol. The monoisotopic (exact) mass is 479 g/mol. The lowest BCUT2D eigenvalue weighted by molar-refractivity contribution is 0.580. The summed E-state index contributed by atoms with van der Waals surface area (Å²) in [5.41, 5.74) is 4.00. The number of nitrogens with zero attached hydrogens (tertiary/aromatic N) is 2. The molecule has 0 atom stereocenters. The molecule has 0 saturated heterocycles. The van der Waals surface area contributed by atoms with Crippen LogP contribution in [-0.2, 0) is 22.0 Å². The second kappa shape index (κ2) is 9.04. The van der Waals surface area contributed by atoms with Gasteiger partial charge in [0, 0.05) is 34.2 Å². The smallest absolute Gasteiger partial charge is 0.276 e. The van der Waals surface area contributed by atoms with Crippen molar-refractivity contribution in [3.8, 4) is 0 Å². The molecule has 0 radical (unpaired) electrons. The minimum atomic E-state index is -3.76. The fraction of sp³-hybridized carbons (Fsp3) is 0.192. The molecular weight excluding hydrogens is 454 g/mol. The predicted molar refractivity (Wildman–Crippen MR) is 136 cm³/mol. The third-order valence-corrected chi connectivity index (χ3v) is 6.98. The van der Waals surface area contributed by atoms with Gasteiger partial charge in [-0.25, -0.2) is 4.83 Å². The molecule has 0 saturated carbocycles. The van der Waals surface area contributed by atoms with E-state index >= 15 is 0 Å². The van der Waals surface area contributed by atoms with Crippen molar-refractivity contribution in [3.05, 3.63) is 101 Å². The van der Waals surface area contributed by atoms with Gasteiger partial charge in [-0.15, -0.1) is 0 Å². The van der Waals surface area contributed by atoms with Gasteiger partial charge in [-0.2, -0.15) is 13.5 Å². The van der Waals surface area contributed by atoms with Crippen LogP contribution in [0.1, 0.15) is 37.5 Å². The van der Waals surface area contributed by atoms with Gasteiger partial charge < -0.3 is 4.57 Å². The summed E-state index contributed by atoms with van der Waals surface area (Å²) in [7, 11) is -3.76. The molecule has 1 heterocycles. The zero-order valence-corrected chi connectivity index (χ0v) is 20.4. The highest BCUT2D eigenvalue weighted by molar-refractivity contribution is 7.89. The third kappa shape index (κ3) is 5.29. The summed E-state index contributed by atoms with van der Waals surface area (Å²) in [5, 5.41) is 5.74. The molecule has 170 valence electrons. The van der Waals surface area contributed by atoms with Crippen molar-refractivity contribution in [2.45, 2.75) is 37.6 Å². The average Bonchev–Trinajstić information content (AvgIpc) is 3.12. The van der Waals surface area contributed by atoms with Crippen LogP contribution >= 0.6 is 11.6 Å². The maximum Gasteiger partial charge on any atom is 0.276 e. The number of rotatable bonds is 6. The van der Waals surface area contributed by atoms with Crippen molar-refractivity contribution in [2.75, 3.05) is 0 Å². The molecule has 1 aromatic heterocycles. The normalized spacial score (nSPS) is 12.5. The van der Waals surface area contributed by atoms with Crippen LogP contribution in [0.25, 0.3) is 10.9 Å². The predicted octanol–water partition coefficient (Wildman–Crippen LogP) is 5.95. The van der Waals surface area contributed by atoms with E-state index in [9.17, 15) is 8.42 Å². The molecule has 1 N–H and O–H groups in total. The van der Waals surface area contributed by atoms with Crippen LogP contribution < -0.4 is 4.83 Å². The van der Waals surface area contributed by atoms with E-state index in [0.717, 1.165) is 27.6 Å². The van der Waals surface area contributed by atoms with E-state index in [1.807, 2.05) is 66.9 Å². The summed E-state index contributed by atoms with van der Waals surface area (Å²) in [5.74, 6) is 0. The molecule has 0 unspecified atom stereocenters. The van der Waals surface area contributed by atoms with Crippen molar-refractivity contribution in [1.29, 1.82) is 0 Å². The van der Waals surface area contributed by atoms with E-state index in [4.69, 9.17) is 11.6 Å². The van der Waals surface area contributed by atoms with Crippen LogP contribution in [0.2, 0.25) is 5.02 Å². The molecule has 0 amide bonds. The Morgan fingerprint density at radius 1 is 0.970 bits per heavy atom. The van der Waals surface area contributed by atoms with E-state index in [0.29, 0.717) is 11.6 Å². The number of nitrogens with one attached hydrogen (secondary N) is 1. The van der Waals surface area contributed by atoms with Gasteiger partial charge >= 0.3 is 0 Å². The molecule has 0 spiro atoms. The van der Waals surface area contributed by atoms with E-state index in [-0.39, 0.29) is 10.3 Å². The highest BCUT2D eigenvalue weighted by Crippen LogP contribution is 2.24. The van der Waals surface area contributed by atoms with E-state index in [1.165, 1.54) is 0 Å². The van der Waals surface area contributed by atoms with Crippen molar-refractivity contribution >= 4 is 38.7 Å². The van der Waals surface area contributed by atoms with Crippen molar-refractivity contribution in [2.24, 2.45) is 5.10 Å². The Morgan fingerprint density at radius 2 is 1.64 bits per heavy atom. The van der Waals surface area contributed by atoms with Crippen LogP contribution in [0.5, 0.6) is 0 Å². The Kier molecular flexibility index (Phi) is 6.32. The number of fused-ring (bicyclic) bond motifs is 1. The standard InChI is InChI=1S/C26H26ClN3O2S/c1-26(2,3)21-10-14-23(15-11-21)33(31,32)29-28-16-20-18-30(25-7-5-4-6-24(20)25)17-19-8-12-22(27)13-9-19/h4-16,18,29H,17H2,1-3H3. The first-order valence-electron chi connectivity index (χ1n) is 10.6. The molecule has 0 aliphatic rings. The van der Waals surface area contributed by atoms with Crippen LogP contribution in [0.15, 0.2) is 89.0 Å². The van der Waals surface area contributed by atoms with Crippen molar-refractivity contribution in [1.82, 2.24) is 9.40 Å². The molecular formula is C26H26ClN3O2S. The number of benzene rings is 3. The van der Waals surface area contributed by atoms with E-state index in [1.54, 1.807) is 18.3 Å². The van der Waals surface area contributed by atoms with Gasteiger partial charge in [-0.3, -0.25) is 0 Å². The number of hydrogen-bond donors (Lipinski definition) is 1. The fourth-order valence-electron chi connectivity index (χ4n) is 3.65. The molecule has 0 bridgehead atoms. The Labute approximate surface area is 199 Å². The van der Waals surface area contributed by atoms with Gasteiger partial charge in [-0.1, -0.05) is 74.8 Å². The van der Waals surface area contributed by atoms with Crippen LogP contribution in [0.4, 0.5) is 0 Å². The minimum absolute atomic E-state index is 0.0475. The van der Waals surface area contributed by atoms with E-state index < -0.39 is 10.0 Å². The first kappa shape index (κ1) is 23.1. The Morgan fingerprint density at radius 3 is 2.30 bits per heavy atom. The molecule has 33 heavy (non-hydrogen) atoms. The zero-order chi connectivity index (χ0) is 23.6. The van der Waals surface area contributed by atoms with Gasteiger partial charge in [0.25, 0.3) is 10.0 Å². The lowest BCUT2D eigenvalue weighted by atomic mass is 9.87. The third-order valence-electron chi connectivity index (χ3n) is 5.49. The van der Waals surface area contributed by atoms with Gasteiger partial charge in [0.05, 0.1) is 11.1 Å². The molecule has 0 aliphatic carbocycles. The number of halogens is 1. The van der Waals surface area contributed by atoms with Crippen molar-refractivity contribution in [3.63, 3.8) is 0 Å². The molecule has 5 nitrogen and oxygen atoms in total. The van der Waals surface area contributed by atoms with Crippen LogP contribution in [-0.4, -0.2) is 19.2 Å². The summed E-state index contributed by atoms with van der Waals surface area (Å²) in [4.78, 5) is 2.51. The van der Waals surface area contributed by atoms with Gasteiger partial charge in [0.2, 0.25) is 0 Å². The number of aromatic nitrogens is 1. The van der Waals surface area contributed by atoms with Crippen LogP contribution in [0, 0.1) is 0 Å². The topological polar surface area (TPSA) is 63.5 Å². The second-order valence-corrected chi connectivity index (χ2v) is 11.1. The maximum atomic E-state index is 12.7. The Bertz CT molecular complexity index is 1400. The minimum Gasteiger partial charge on any atom is -0.342 e. The lowest BCUT2D eigenvalue weighted by Gasteiger charge is -2.19. The summed E-state index contributed by atoms with van der Waals surface area (Å²) in [6, 6.07) is 22.6. The highest BCUT2D eigenvalue weighted by Gasteiger charge is 2.17. The molecule has 7 heteroatoms. The summed E-state index contributed by atoms with van der Waals surface area (Å²) >= 11 is 6.00. The van der Waals surface area contributed by atoms with Crippen LogP contribution in [0.3, 0.4) is 0 Å². The Balaban J connectivity index is 1.56. The maximum absolute atomic E-state index is 12.7. The van der Waals surface area contributed by atoms with E-state index in [2.05, 4.69) is 35.3 Å². The number of hydrazone groups is 1. The van der Waals surface area contributed by atoms with Gasteiger partial charge in [-0.05, 0) is 46.9 Å². The van der Waals surface area contributed by atoms with Crippen molar-refractivity contribution < 1.29 is 8.42 Å². The first-order chi connectivity index (χ1) is 15.6. The molecule has 4 aromatic rings. The molecule has 3 aromatic carbocycles. The Hall–Kier alpha value is -3.09. The second-order valence-electron chi connectivity index (χ2n) is 8.98. The quantitative estimate of drug-likeness (QED) is 0.274. The molecule has 0 aliphatic heterocycles. The summed E-state index contributed by atoms with van der Waals surface area (Å²) in [6.07, 6.45) is 3.51. The highest BCUT2D eigenvalue weighted by atomic mass is 35.5. The fourth-order valence-corrected chi connectivity index (χ4v) is 4.56. The summed E-state index contributed by atoms with van der Waals surface area (Å²) in [6.45, 7) is 6.92. The largest absolute Gasteiger partial charge is 0.342 e. The van der Waals surface area contributed by atoms with Gasteiger partial charge in [0.15, 0.2) is 0 Å².